The van der Waals surface area contributed by atoms with Gasteiger partial charge in [-0.2, -0.15) is 5.10 Å². The molecule has 20 heavy (non-hydrogen) atoms. The summed E-state index contributed by atoms with van der Waals surface area (Å²) in [5, 5.41) is 9.63. The maximum absolute atomic E-state index is 13.6. The minimum absolute atomic E-state index is 0.0743. The van der Waals surface area contributed by atoms with Gasteiger partial charge in [-0.1, -0.05) is 32.4 Å². The van der Waals surface area contributed by atoms with Crippen LogP contribution in [0.15, 0.2) is 24.3 Å². The first-order valence-corrected chi connectivity index (χ1v) is 6.47. The Kier molecular flexibility index (Phi) is 3.81. The zero-order valence-electron chi connectivity index (χ0n) is 11.4. The molecule has 1 aromatic carbocycles. The molecule has 0 saturated carbocycles. The molecular weight excluding hydrogens is 281 g/mol. The van der Waals surface area contributed by atoms with E-state index in [2.05, 4.69) is 15.5 Å². The highest BCUT2D eigenvalue weighted by Gasteiger charge is 2.18. The van der Waals surface area contributed by atoms with Crippen LogP contribution in [0.5, 0.6) is 0 Å². The number of nitrogens with one attached hydrogen (secondary N) is 2. The molecule has 0 aliphatic rings. The fraction of sp³-hybridized carbons (Fsp3) is 0.286. The Morgan fingerprint density at radius 2 is 2.05 bits per heavy atom. The number of halogens is 2. The Morgan fingerprint density at radius 1 is 1.35 bits per heavy atom. The SMILES string of the molecule is CC(C)(C)c1cc(NC(=O)c2ccc(Cl)cc2F)n[nH]1. The molecule has 2 N–H and O–H groups in total. The number of carbonyl (C=O) groups is 1. The average Bonchev–Trinajstić information content (AvgIpc) is 2.76. The van der Waals surface area contributed by atoms with Crippen LogP contribution < -0.4 is 5.32 Å². The monoisotopic (exact) mass is 295 g/mol. The van der Waals surface area contributed by atoms with Crippen LogP contribution in [0, 0.1) is 5.82 Å². The fourth-order valence-corrected chi connectivity index (χ4v) is 1.79. The normalized spacial score (nSPS) is 11.4. The van der Waals surface area contributed by atoms with Gasteiger partial charge >= 0.3 is 0 Å². The number of amides is 1. The number of aromatic amines is 1. The van der Waals surface area contributed by atoms with E-state index in [0.717, 1.165) is 11.8 Å². The summed E-state index contributed by atoms with van der Waals surface area (Å²) in [7, 11) is 0. The van der Waals surface area contributed by atoms with Gasteiger partial charge < -0.3 is 5.32 Å². The quantitative estimate of drug-likeness (QED) is 0.886. The number of anilines is 1. The molecule has 0 saturated heterocycles. The van der Waals surface area contributed by atoms with E-state index in [1.165, 1.54) is 12.1 Å². The summed E-state index contributed by atoms with van der Waals surface area (Å²) in [6.07, 6.45) is 0. The third kappa shape index (κ3) is 3.17. The number of carbonyl (C=O) groups excluding carboxylic acids is 1. The second-order valence-corrected chi connectivity index (χ2v) is 5.93. The summed E-state index contributed by atoms with van der Waals surface area (Å²) in [6, 6.07) is 5.63. The number of hydrogen-bond acceptors (Lipinski definition) is 2. The van der Waals surface area contributed by atoms with Crippen LogP contribution in [0.3, 0.4) is 0 Å². The highest BCUT2D eigenvalue weighted by atomic mass is 35.5. The van der Waals surface area contributed by atoms with E-state index in [9.17, 15) is 9.18 Å². The van der Waals surface area contributed by atoms with E-state index in [1.807, 2.05) is 20.8 Å². The number of nitrogens with zero attached hydrogens (tertiary/aromatic N) is 1. The van der Waals surface area contributed by atoms with Crippen LogP contribution in [0.1, 0.15) is 36.8 Å². The molecule has 4 nitrogen and oxygen atoms in total. The molecule has 0 atom stereocenters. The summed E-state index contributed by atoms with van der Waals surface area (Å²) in [4.78, 5) is 12.0. The Bertz CT molecular complexity index is 646. The number of rotatable bonds is 2. The molecule has 2 aromatic rings. The number of benzene rings is 1. The molecule has 0 aliphatic carbocycles. The van der Waals surface area contributed by atoms with Gasteiger partial charge in [0.15, 0.2) is 5.82 Å². The number of H-pyrrole nitrogens is 1. The minimum atomic E-state index is -0.665. The summed E-state index contributed by atoms with van der Waals surface area (Å²) in [5.74, 6) is -0.873. The maximum atomic E-state index is 13.6. The molecule has 0 bridgehead atoms. The van der Waals surface area contributed by atoms with Crippen molar-refractivity contribution in [1.82, 2.24) is 10.2 Å². The zero-order chi connectivity index (χ0) is 14.9. The van der Waals surface area contributed by atoms with Gasteiger partial charge in [-0.15, -0.1) is 0 Å². The van der Waals surface area contributed by atoms with Crippen molar-refractivity contribution in [3.8, 4) is 0 Å². The molecule has 0 unspecified atom stereocenters. The molecule has 2 rings (SSSR count). The standard InChI is InChI=1S/C14H15ClFN3O/c1-14(2,3)11-7-12(19-18-11)17-13(20)9-5-4-8(15)6-10(9)16/h4-7H,1-3H3,(H2,17,18,19,20). The van der Waals surface area contributed by atoms with E-state index >= 15 is 0 Å². The summed E-state index contributed by atoms with van der Waals surface area (Å²) in [6.45, 7) is 6.06. The highest BCUT2D eigenvalue weighted by Crippen LogP contribution is 2.22. The molecule has 1 amide bonds. The lowest BCUT2D eigenvalue weighted by molar-refractivity contribution is 0.102. The van der Waals surface area contributed by atoms with Crippen LogP contribution in [0.4, 0.5) is 10.2 Å². The largest absolute Gasteiger partial charge is 0.305 e. The van der Waals surface area contributed by atoms with E-state index in [4.69, 9.17) is 11.6 Å². The second kappa shape index (κ2) is 5.25. The van der Waals surface area contributed by atoms with Gasteiger partial charge in [0.05, 0.1) is 5.56 Å². The van der Waals surface area contributed by atoms with E-state index in [0.29, 0.717) is 5.82 Å². The predicted octanol–water partition coefficient (Wildman–Crippen LogP) is 3.75. The second-order valence-electron chi connectivity index (χ2n) is 5.50. The van der Waals surface area contributed by atoms with E-state index in [1.54, 1.807) is 6.07 Å². The van der Waals surface area contributed by atoms with Crippen LogP contribution >= 0.6 is 11.6 Å². The molecule has 6 heteroatoms. The first-order valence-electron chi connectivity index (χ1n) is 6.09. The van der Waals surface area contributed by atoms with Crippen molar-refractivity contribution < 1.29 is 9.18 Å². The maximum Gasteiger partial charge on any atom is 0.259 e. The van der Waals surface area contributed by atoms with E-state index in [-0.39, 0.29) is 16.0 Å². The van der Waals surface area contributed by atoms with Gasteiger partial charge in [-0.25, -0.2) is 4.39 Å². The predicted molar refractivity (Wildman–Crippen MR) is 76.7 cm³/mol. The van der Waals surface area contributed by atoms with Crippen molar-refractivity contribution in [3.05, 3.63) is 46.4 Å². The first kappa shape index (κ1) is 14.5. The molecule has 1 aromatic heterocycles. The van der Waals surface area contributed by atoms with Crippen molar-refractivity contribution in [1.29, 1.82) is 0 Å². The molecule has 0 radical (unpaired) electrons. The van der Waals surface area contributed by atoms with Gasteiger partial charge in [0.1, 0.15) is 5.82 Å². The number of hydrogen-bond donors (Lipinski definition) is 2. The topological polar surface area (TPSA) is 57.8 Å². The summed E-state index contributed by atoms with van der Waals surface area (Å²) in [5.41, 5.74) is 0.695. The molecule has 106 valence electrons. The van der Waals surface area contributed by atoms with Crippen molar-refractivity contribution in [2.45, 2.75) is 26.2 Å². The van der Waals surface area contributed by atoms with Crippen molar-refractivity contribution >= 4 is 23.3 Å². The molecule has 0 fully saturated rings. The molecular formula is C14H15ClFN3O. The average molecular weight is 296 g/mol. The minimum Gasteiger partial charge on any atom is -0.305 e. The van der Waals surface area contributed by atoms with Crippen LogP contribution in [0.25, 0.3) is 0 Å². The Morgan fingerprint density at radius 3 is 2.60 bits per heavy atom. The lowest BCUT2D eigenvalue weighted by Gasteiger charge is -2.14. The Hall–Kier alpha value is -1.88. The molecule has 0 spiro atoms. The smallest absolute Gasteiger partial charge is 0.259 e. The summed E-state index contributed by atoms with van der Waals surface area (Å²) >= 11 is 5.65. The lowest BCUT2D eigenvalue weighted by Crippen LogP contribution is -2.14. The zero-order valence-corrected chi connectivity index (χ0v) is 12.2. The summed E-state index contributed by atoms with van der Waals surface area (Å²) < 4.78 is 13.6. The Balaban J connectivity index is 2.17. The Labute approximate surface area is 121 Å². The lowest BCUT2D eigenvalue weighted by atomic mass is 9.92. The fourth-order valence-electron chi connectivity index (χ4n) is 1.63. The number of aromatic nitrogens is 2. The van der Waals surface area contributed by atoms with E-state index < -0.39 is 11.7 Å². The van der Waals surface area contributed by atoms with Gasteiger partial charge in [-0.3, -0.25) is 9.89 Å². The van der Waals surface area contributed by atoms with Crippen molar-refractivity contribution in [2.75, 3.05) is 5.32 Å². The van der Waals surface area contributed by atoms with Gasteiger partial charge in [-0.05, 0) is 18.2 Å². The molecule has 1 heterocycles. The third-order valence-electron chi connectivity index (χ3n) is 2.80. The highest BCUT2D eigenvalue weighted by molar-refractivity contribution is 6.30. The van der Waals surface area contributed by atoms with Crippen LogP contribution in [-0.4, -0.2) is 16.1 Å². The van der Waals surface area contributed by atoms with Gasteiger partial charge in [0.2, 0.25) is 0 Å². The van der Waals surface area contributed by atoms with Crippen LogP contribution in [-0.2, 0) is 5.41 Å². The van der Waals surface area contributed by atoms with Crippen molar-refractivity contribution in [3.63, 3.8) is 0 Å². The van der Waals surface area contributed by atoms with Gasteiger partial charge in [0.25, 0.3) is 5.91 Å². The first-order chi connectivity index (χ1) is 9.27. The van der Waals surface area contributed by atoms with Crippen LogP contribution in [0.2, 0.25) is 5.02 Å². The van der Waals surface area contributed by atoms with Crippen molar-refractivity contribution in [2.24, 2.45) is 0 Å². The van der Waals surface area contributed by atoms with Gasteiger partial charge in [0, 0.05) is 22.2 Å². The third-order valence-corrected chi connectivity index (χ3v) is 3.04. The molecule has 0 aliphatic heterocycles.